The normalized spacial score (nSPS) is 12.7. The molecule has 0 saturated heterocycles. The Bertz CT molecular complexity index is 892. The lowest BCUT2D eigenvalue weighted by Crippen LogP contribution is -2.36. The number of Topliss-reactive ketones (excluding diaryl/α,β-unsaturated/α-hetero) is 1. The molecule has 128 valence electrons. The molecule has 2 nitrogen and oxygen atoms in total. The van der Waals surface area contributed by atoms with Crippen molar-refractivity contribution in [2.24, 2.45) is 0 Å². The fraction of sp³-hybridized carbons (Fsp3) is 0.0909. The van der Waals surface area contributed by atoms with Crippen LogP contribution in [0.15, 0.2) is 101 Å². The zero-order valence-corrected chi connectivity index (χ0v) is 15.7. The van der Waals surface area contributed by atoms with Crippen molar-refractivity contribution in [3.05, 3.63) is 96.6 Å². The maximum Gasteiger partial charge on any atom is 0.194 e. The molecule has 0 N–H and O–H groups in total. The highest BCUT2D eigenvalue weighted by atomic mass is 32.2. The number of nitriles is 1. The molecule has 0 heterocycles. The van der Waals surface area contributed by atoms with Gasteiger partial charge in [0.15, 0.2) is 10.5 Å². The first-order valence-electron chi connectivity index (χ1n) is 8.16. The minimum atomic E-state index is -1.19. The van der Waals surface area contributed by atoms with Crippen molar-refractivity contribution in [2.75, 3.05) is 5.75 Å². The number of hydrogen-bond acceptors (Lipinski definition) is 4. The number of carbonyl (C=O) groups excluding carboxylic acids is 1. The molecule has 0 radical (unpaired) electrons. The molecule has 3 rings (SSSR count). The summed E-state index contributed by atoms with van der Waals surface area (Å²) >= 11 is 2.86. The summed E-state index contributed by atoms with van der Waals surface area (Å²) in [5.74, 6) is 0.221. The van der Waals surface area contributed by atoms with Crippen LogP contribution in [-0.2, 0) is 0 Å². The van der Waals surface area contributed by atoms with E-state index in [1.807, 2.05) is 78.9 Å². The van der Waals surface area contributed by atoms with E-state index in [1.54, 1.807) is 12.1 Å². The van der Waals surface area contributed by atoms with E-state index in [-0.39, 0.29) is 5.78 Å². The largest absolute Gasteiger partial charge is 0.291 e. The first-order valence-corrected chi connectivity index (χ1v) is 9.97. The van der Waals surface area contributed by atoms with Crippen LogP contribution in [0.3, 0.4) is 0 Å². The van der Waals surface area contributed by atoms with Crippen LogP contribution in [-0.4, -0.2) is 16.3 Å². The van der Waals surface area contributed by atoms with Crippen molar-refractivity contribution < 1.29 is 4.79 Å². The Morgan fingerprint density at radius 1 is 0.808 bits per heavy atom. The van der Waals surface area contributed by atoms with Gasteiger partial charge in [-0.1, -0.05) is 78.5 Å². The molecule has 26 heavy (non-hydrogen) atoms. The molecule has 0 aliphatic heterocycles. The standard InChI is InChI=1S/C22H17NOS2/c23-16-22(26-20-14-8-3-9-15-20,17-25-19-12-6-2-7-13-19)21(24)18-10-4-1-5-11-18/h1-15H,17H2. The highest BCUT2D eigenvalue weighted by molar-refractivity contribution is 8.04. The zero-order valence-electron chi connectivity index (χ0n) is 14.0. The van der Waals surface area contributed by atoms with Crippen LogP contribution < -0.4 is 0 Å². The lowest BCUT2D eigenvalue weighted by Gasteiger charge is -2.24. The molecule has 0 spiro atoms. The van der Waals surface area contributed by atoms with Crippen molar-refractivity contribution in [3.8, 4) is 6.07 Å². The fourth-order valence-corrected chi connectivity index (χ4v) is 4.74. The van der Waals surface area contributed by atoms with E-state index in [4.69, 9.17) is 0 Å². The van der Waals surface area contributed by atoms with Crippen LogP contribution >= 0.6 is 23.5 Å². The highest BCUT2D eigenvalue weighted by Gasteiger charge is 2.40. The molecule has 0 saturated carbocycles. The average Bonchev–Trinajstić information content (AvgIpc) is 2.73. The summed E-state index contributed by atoms with van der Waals surface area (Å²) < 4.78 is -1.19. The van der Waals surface area contributed by atoms with Gasteiger partial charge < -0.3 is 0 Å². The Kier molecular flexibility index (Phi) is 6.17. The fourth-order valence-electron chi connectivity index (χ4n) is 2.46. The summed E-state index contributed by atoms with van der Waals surface area (Å²) in [4.78, 5) is 15.2. The van der Waals surface area contributed by atoms with E-state index in [2.05, 4.69) is 6.07 Å². The molecule has 0 aliphatic carbocycles. The first-order chi connectivity index (χ1) is 12.7. The number of carbonyl (C=O) groups is 1. The molecule has 3 aromatic carbocycles. The van der Waals surface area contributed by atoms with Crippen molar-refractivity contribution >= 4 is 29.3 Å². The third-order valence-corrected chi connectivity index (χ3v) is 6.45. The smallest absolute Gasteiger partial charge is 0.194 e. The van der Waals surface area contributed by atoms with E-state index in [0.717, 1.165) is 9.79 Å². The van der Waals surface area contributed by atoms with Gasteiger partial charge in [0.05, 0.1) is 6.07 Å². The Labute approximate surface area is 162 Å². The number of nitrogens with zero attached hydrogens (tertiary/aromatic N) is 1. The topological polar surface area (TPSA) is 40.9 Å². The van der Waals surface area contributed by atoms with E-state index in [0.29, 0.717) is 11.3 Å². The Morgan fingerprint density at radius 3 is 1.85 bits per heavy atom. The quantitative estimate of drug-likeness (QED) is 0.391. The maximum atomic E-state index is 13.3. The third kappa shape index (κ3) is 4.37. The molecule has 0 aliphatic rings. The van der Waals surface area contributed by atoms with Crippen LogP contribution in [0.2, 0.25) is 0 Å². The molecule has 1 atom stereocenters. The molecule has 0 aromatic heterocycles. The third-order valence-electron chi connectivity index (χ3n) is 3.80. The molecule has 4 heteroatoms. The predicted octanol–water partition coefficient (Wildman–Crippen LogP) is 5.72. The van der Waals surface area contributed by atoms with Gasteiger partial charge in [-0.3, -0.25) is 4.79 Å². The Balaban J connectivity index is 1.93. The maximum absolute atomic E-state index is 13.3. The molecule has 0 fully saturated rings. The molecule has 3 aromatic rings. The molecular formula is C22H17NOS2. The minimum absolute atomic E-state index is 0.155. The van der Waals surface area contributed by atoms with E-state index in [1.165, 1.54) is 23.5 Å². The number of hydrogen-bond donors (Lipinski definition) is 0. The van der Waals surface area contributed by atoms with Crippen LogP contribution in [0.25, 0.3) is 0 Å². The molecule has 0 bridgehead atoms. The van der Waals surface area contributed by atoms with Gasteiger partial charge in [0.1, 0.15) is 0 Å². The van der Waals surface area contributed by atoms with E-state index < -0.39 is 4.75 Å². The number of thioether (sulfide) groups is 2. The second-order valence-electron chi connectivity index (χ2n) is 5.65. The van der Waals surface area contributed by atoms with Gasteiger partial charge >= 0.3 is 0 Å². The van der Waals surface area contributed by atoms with Gasteiger partial charge in [0.25, 0.3) is 0 Å². The lowest BCUT2D eigenvalue weighted by molar-refractivity contribution is 0.0974. The molecular weight excluding hydrogens is 358 g/mol. The van der Waals surface area contributed by atoms with E-state index >= 15 is 0 Å². The van der Waals surface area contributed by atoms with Crippen molar-refractivity contribution in [2.45, 2.75) is 14.5 Å². The highest BCUT2D eigenvalue weighted by Crippen LogP contribution is 2.39. The summed E-state index contributed by atoms with van der Waals surface area (Å²) in [6.45, 7) is 0. The number of benzene rings is 3. The van der Waals surface area contributed by atoms with Crippen LogP contribution in [0.5, 0.6) is 0 Å². The van der Waals surface area contributed by atoms with Crippen molar-refractivity contribution in [1.82, 2.24) is 0 Å². The van der Waals surface area contributed by atoms with Crippen molar-refractivity contribution in [1.29, 1.82) is 5.26 Å². The van der Waals surface area contributed by atoms with Crippen molar-refractivity contribution in [3.63, 3.8) is 0 Å². The SMILES string of the molecule is N#CC(CSc1ccccc1)(Sc1ccccc1)C(=O)c1ccccc1. The summed E-state index contributed by atoms with van der Waals surface area (Å²) in [5, 5.41) is 10.0. The van der Waals surface area contributed by atoms with Gasteiger partial charge in [-0.25, -0.2) is 0 Å². The second-order valence-corrected chi connectivity index (χ2v) is 8.07. The van der Waals surface area contributed by atoms with Gasteiger partial charge in [-0.2, -0.15) is 5.26 Å². The summed E-state index contributed by atoms with van der Waals surface area (Å²) in [6, 6.07) is 30.9. The molecule has 1 unspecified atom stereocenters. The Hall–Kier alpha value is -2.48. The van der Waals surface area contributed by atoms with Gasteiger partial charge in [-0.15, -0.1) is 11.8 Å². The number of rotatable bonds is 7. The summed E-state index contributed by atoms with van der Waals surface area (Å²) in [6.07, 6.45) is 0. The predicted molar refractivity (Wildman–Crippen MR) is 109 cm³/mol. The average molecular weight is 376 g/mol. The zero-order chi connectivity index (χ0) is 18.2. The van der Waals surface area contributed by atoms with Gasteiger partial charge in [0.2, 0.25) is 0 Å². The van der Waals surface area contributed by atoms with Gasteiger partial charge in [0, 0.05) is 21.1 Å². The van der Waals surface area contributed by atoms with E-state index in [9.17, 15) is 10.1 Å². The van der Waals surface area contributed by atoms with Crippen LogP contribution in [0.4, 0.5) is 0 Å². The second kappa shape index (κ2) is 8.75. The Morgan fingerprint density at radius 2 is 1.31 bits per heavy atom. The number of ketones is 1. The van der Waals surface area contributed by atoms with Crippen LogP contribution in [0, 0.1) is 11.3 Å². The monoisotopic (exact) mass is 375 g/mol. The minimum Gasteiger partial charge on any atom is -0.291 e. The lowest BCUT2D eigenvalue weighted by atomic mass is 10.00. The van der Waals surface area contributed by atoms with Gasteiger partial charge in [-0.05, 0) is 24.3 Å². The van der Waals surface area contributed by atoms with Crippen LogP contribution in [0.1, 0.15) is 10.4 Å². The summed E-state index contributed by atoms with van der Waals surface area (Å²) in [5.41, 5.74) is 0.561. The first kappa shape index (κ1) is 18.3. The molecule has 0 amide bonds. The summed E-state index contributed by atoms with van der Waals surface area (Å²) in [7, 11) is 0.